The molecule has 1 atom stereocenters. The summed E-state index contributed by atoms with van der Waals surface area (Å²) in [5, 5.41) is 0.414. The van der Waals surface area contributed by atoms with Crippen LogP contribution in [0, 0.1) is 11.6 Å². The number of benzene rings is 2. The number of nitrogens with zero attached hydrogens (tertiary/aromatic N) is 1. The van der Waals surface area contributed by atoms with E-state index < -0.39 is 11.6 Å². The Bertz CT molecular complexity index is 769. The van der Waals surface area contributed by atoms with Gasteiger partial charge in [0.15, 0.2) is 0 Å². The maximum atomic E-state index is 13.7. The van der Waals surface area contributed by atoms with Crippen molar-refractivity contribution >= 4 is 17.5 Å². The summed E-state index contributed by atoms with van der Waals surface area (Å²) < 4.78 is 32.6. The molecule has 1 aliphatic heterocycles. The second kappa shape index (κ2) is 7.93. The molecule has 1 amide bonds. The Morgan fingerprint density at radius 2 is 2.04 bits per heavy atom. The highest BCUT2D eigenvalue weighted by molar-refractivity contribution is 6.33. The molecule has 6 heteroatoms. The summed E-state index contributed by atoms with van der Waals surface area (Å²) >= 11 is 6.09. The lowest BCUT2D eigenvalue weighted by Crippen LogP contribution is -2.43. The Morgan fingerprint density at radius 3 is 2.84 bits per heavy atom. The summed E-state index contributed by atoms with van der Waals surface area (Å²) in [4.78, 5) is 14.3. The summed E-state index contributed by atoms with van der Waals surface area (Å²) in [6.07, 6.45) is 1.33. The fourth-order valence-corrected chi connectivity index (χ4v) is 3.14. The van der Waals surface area contributed by atoms with Crippen LogP contribution in [-0.2, 0) is 11.3 Å². The van der Waals surface area contributed by atoms with Crippen molar-refractivity contribution in [2.75, 3.05) is 13.1 Å². The van der Waals surface area contributed by atoms with Gasteiger partial charge in [0.05, 0.1) is 23.3 Å². The van der Waals surface area contributed by atoms with Gasteiger partial charge in [0.25, 0.3) is 5.91 Å². The number of hydrogen-bond acceptors (Lipinski definition) is 2. The Kier molecular flexibility index (Phi) is 5.66. The summed E-state index contributed by atoms with van der Waals surface area (Å²) in [5.41, 5.74) is 0.635. The van der Waals surface area contributed by atoms with E-state index in [9.17, 15) is 13.6 Å². The van der Waals surface area contributed by atoms with Crippen molar-refractivity contribution in [3.63, 3.8) is 0 Å². The smallest absolute Gasteiger partial charge is 0.255 e. The molecule has 2 aromatic rings. The third-order valence-electron chi connectivity index (χ3n) is 4.25. The minimum atomic E-state index is -0.501. The van der Waals surface area contributed by atoms with Crippen molar-refractivity contribution in [1.82, 2.24) is 4.90 Å². The predicted octanol–water partition coefficient (Wildman–Crippen LogP) is 4.44. The third kappa shape index (κ3) is 4.35. The monoisotopic (exact) mass is 365 g/mol. The molecule has 132 valence electrons. The lowest BCUT2D eigenvalue weighted by atomic mass is 10.1. The van der Waals surface area contributed by atoms with Crippen LogP contribution in [0.25, 0.3) is 0 Å². The van der Waals surface area contributed by atoms with Gasteiger partial charge in [-0.05, 0) is 43.2 Å². The first-order valence-electron chi connectivity index (χ1n) is 8.14. The number of carbonyl (C=O) groups is 1. The van der Waals surface area contributed by atoms with Crippen molar-refractivity contribution in [2.45, 2.75) is 25.6 Å². The van der Waals surface area contributed by atoms with Gasteiger partial charge in [-0.15, -0.1) is 0 Å². The Labute approximate surface area is 150 Å². The number of hydrogen-bond donors (Lipinski definition) is 0. The second-order valence-corrected chi connectivity index (χ2v) is 6.45. The Balaban J connectivity index is 1.62. The van der Waals surface area contributed by atoms with E-state index in [2.05, 4.69) is 0 Å². The first-order valence-corrected chi connectivity index (χ1v) is 8.51. The number of rotatable bonds is 4. The Hall–Kier alpha value is -1.98. The zero-order valence-electron chi connectivity index (χ0n) is 13.6. The zero-order chi connectivity index (χ0) is 17.8. The first-order chi connectivity index (χ1) is 12.0. The van der Waals surface area contributed by atoms with Gasteiger partial charge in [-0.2, -0.15) is 0 Å². The molecule has 1 saturated heterocycles. The SMILES string of the molecule is O=C(c1ccccc1Cl)N1CCC[C@H](OCc2cc(F)ccc2F)C1. The van der Waals surface area contributed by atoms with Gasteiger partial charge in [-0.25, -0.2) is 8.78 Å². The summed E-state index contributed by atoms with van der Waals surface area (Å²) in [6.45, 7) is 1.00. The molecule has 0 saturated carbocycles. The molecule has 1 fully saturated rings. The topological polar surface area (TPSA) is 29.5 Å². The Morgan fingerprint density at radius 1 is 1.24 bits per heavy atom. The molecule has 25 heavy (non-hydrogen) atoms. The van der Waals surface area contributed by atoms with Crippen LogP contribution in [0.4, 0.5) is 8.78 Å². The van der Waals surface area contributed by atoms with E-state index in [1.165, 1.54) is 0 Å². The molecular weight excluding hydrogens is 348 g/mol. The van der Waals surface area contributed by atoms with Crippen LogP contribution in [-0.4, -0.2) is 30.0 Å². The van der Waals surface area contributed by atoms with Gasteiger partial charge in [-0.3, -0.25) is 4.79 Å². The van der Waals surface area contributed by atoms with Crippen LogP contribution in [0.15, 0.2) is 42.5 Å². The maximum Gasteiger partial charge on any atom is 0.255 e. The summed E-state index contributed by atoms with van der Waals surface area (Å²) in [6, 6.07) is 10.2. The van der Waals surface area contributed by atoms with Crippen molar-refractivity contribution in [3.05, 3.63) is 70.2 Å². The fraction of sp³-hybridized carbons (Fsp3) is 0.316. The van der Waals surface area contributed by atoms with E-state index in [4.69, 9.17) is 16.3 Å². The summed E-state index contributed by atoms with van der Waals surface area (Å²) in [5.74, 6) is -1.14. The molecule has 0 aromatic heterocycles. The molecule has 3 rings (SSSR count). The zero-order valence-corrected chi connectivity index (χ0v) is 14.3. The number of carbonyl (C=O) groups excluding carboxylic acids is 1. The first kappa shape index (κ1) is 17.8. The molecule has 2 aromatic carbocycles. The molecule has 0 N–H and O–H groups in total. The molecule has 1 aliphatic rings. The second-order valence-electron chi connectivity index (χ2n) is 6.04. The molecule has 0 spiro atoms. The molecule has 1 heterocycles. The average Bonchev–Trinajstić information content (AvgIpc) is 2.62. The number of likely N-dealkylation sites (tertiary alicyclic amines) is 1. The quantitative estimate of drug-likeness (QED) is 0.801. The number of ether oxygens (including phenoxy) is 1. The largest absolute Gasteiger partial charge is 0.372 e. The number of amides is 1. The van der Waals surface area contributed by atoms with Crippen LogP contribution < -0.4 is 0 Å². The highest BCUT2D eigenvalue weighted by Crippen LogP contribution is 2.22. The van der Waals surface area contributed by atoms with E-state index in [1.54, 1.807) is 29.2 Å². The standard InChI is InChI=1S/C19H18ClF2NO2/c20-17-6-2-1-5-16(17)19(24)23-9-3-4-15(11-23)25-12-13-10-14(21)7-8-18(13)22/h1-2,5-8,10,15H,3-4,9,11-12H2/t15-/m0/s1. The van der Waals surface area contributed by atoms with Gasteiger partial charge >= 0.3 is 0 Å². The van der Waals surface area contributed by atoms with Gasteiger partial charge in [0, 0.05) is 18.7 Å². The predicted molar refractivity (Wildman–Crippen MR) is 91.5 cm³/mol. The van der Waals surface area contributed by atoms with E-state index in [0.29, 0.717) is 23.7 Å². The summed E-state index contributed by atoms with van der Waals surface area (Å²) in [7, 11) is 0. The number of piperidine rings is 1. The van der Waals surface area contributed by atoms with E-state index in [1.807, 2.05) is 0 Å². The molecule has 0 unspecified atom stereocenters. The van der Waals surface area contributed by atoms with Crippen molar-refractivity contribution < 1.29 is 18.3 Å². The highest BCUT2D eigenvalue weighted by Gasteiger charge is 2.26. The van der Waals surface area contributed by atoms with Gasteiger partial charge in [0.1, 0.15) is 11.6 Å². The van der Waals surface area contributed by atoms with Crippen molar-refractivity contribution in [3.8, 4) is 0 Å². The fourth-order valence-electron chi connectivity index (χ4n) is 2.93. The molecule has 0 bridgehead atoms. The molecule has 0 aliphatic carbocycles. The van der Waals surface area contributed by atoms with Crippen LogP contribution >= 0.6 is 11.6 Å². The molecule has 3 nitrogen and oxygen atoms in total. The van der Waals surface area contributed by atoms with Gasteiger partial charge in [0.2, 0.25) is 0 Å². The highest BCUT2D eigenvalue weighted by atomic mass is 35.5. The maximum absolute atomic E-state index is 13.7. The van der Waals surface area contributed by atoms with Crippen molar-refractivity contribution in [1.29, 1.82) is 0 Å². The van der Waals surface area contributed by atoms with Crippen molar-refractivity contribution in [2.24, 2.45) is 0 Å². The van der Waals surface area contributed by atoms with E-state index in [-0.39, 0.29) is 24.2 Å². The van der Waals surface area contributed by atoms with E-state index in [0.717, 1.165) is 31.0 Å². The van der Waals surface area contributed by atoms with Gasteiger partial charge < -0.3 is 9.64 Å². The van der Waals surface area contributed by atoms with Gasteiger partial charge in [-0.1, -0.05) is 23.7 Å². The number of halogens is 3. The molecular formula is C19H18ClF2NO2. The minimum Gasteiger partial charge on any atom is -0.372 e. The van der Waals surface area contributed by atoms with Crippen LogP contribution in [0.1, 0.15) is 28.8 Å². The van der Waals surface area contributed by atoms with Crippen LogP contribution in [0.2, 0.25) is 5.02 Å². The normalized spacial score (nSPS) is 17.6. The van der Waals surface area contributed by atoms with E-state index >= 15 is 0 Å². The van der Waals surface area contributed by atoms with Crippen LogP contribution in [0.5, 0.6) is 0 Å². The third-order valence-corrected chi connectivity index (χ3v) is 4.58. The lowest BCUT2D eigenvalue weighted by molar-refractivity contribution is -0.00769. The van der Waals surface area contributed by atoms with Crippen LogP contribution in [0.3, 0.4) is 0 Å². The lowest BCUT2D eigenvalue weighted by Gasteiger charge is -2.33. The minimum absolute atomic E-state index is 0.0254. The average molecular weight is 366 g/mol. The molecule has 0 radical (unpaired) electrons.